The molecular weight excluding hydrogens is 293 g/mol. The van der Waals surface area contributed by atoms with Gasteiger partial charge in [-0.1, -0.05) is 0 Å². The van der Waals surface area contributed by atoms with Crippen LogP contribution in [0.15, 0.2) is 5.38 Å². The number of esters is 1. The molecule has 0 amide bonds. The second-order valence-corrected chi connectivity index (χ2v) is 5.17. The first-order chi connectivity index (χ1) is 9.30. The summed E-state index contributed by atoms with van der Waals surface area (Å²) < 4.78 is 41.3. The van der Waals surface area contributed by atoms with Crippen molar-refractivity contribution >= 4 is 22.4 Å². The number of nitrogens with one attached hydrogen (secondary N) is 1. The topological polar surface area (TPSA) is 51.2 Å². The fraction of sp³-hybridized carbons (Fsp3) is 0.667. The lowest BCUT2D eigenvalue weighted by molar-refractivity contribution is -0.143. The number of anilines is 1. The Morgan fingerprint density at radius 2 is 2.25 bits per heavy atom. The van der Waals surface area contributed by atoms with Gasteiger partial charge in [0.25, 0.3) is 0 Å². The minimum atomic E-state index is -4.20. The first kappa shape index (κ1) is 16.7. The Morgan fingerprint density at radius 1 is 1.55 bits per heavy atom. The number of nitrogens with zero attached hydrogens (tertiary/aromatic N) is 1. The van der Waals surface area contributed by atoms with Crippen LogP contribution in [0, 0.1) is 0 Å². The largest absolute Gasteiger partial charge is 0.466 e. The summed E-state index contributed by atoms with van der Waals surface area (Å²) in [5.41, 5.74) is 0.671. The van der Waals surface area contributed by atoms with E-state index in [4.69, 9.17) is 4.74 Å². The minimum Gasteiger partial charge on any atom is -0.466 e. The highest BCUT2D eigenvalue weighted by Gasteiger charge is 2.30. The summed E-state index contributed by atoms with van der Waals surface area (Å²) in [6.45, 7) is 3.51. The van der Waals surface area contributed by atoms with Crippen LogP contribution in [-0.4, -0.2) is 29.8 Å². The lowest BCUT2D eigenvalue weighted by Gasteiger charge is -2.14. The Hall–Kier alpha value is -1.31. The van der Waals surface area contributed by atoms with Gasteiger partial charge in [-0.05, 0) is 13.8 Å². The molecule has 0 fully saturated rings. The zero-order chi connectivity index (χ0) is 15.2. The third-order valence-corrected chi connectivity index (χ3v) is 3.17. The van der Waals surface area contributed by atoms with Crippen LogP contribution in [0.25, 0.3) is 0 Å². The zero-order valence-corrected chi connectivity index (χ0v) is 12.1. The van der Waals surface area contributed by atoms with Crippen LogP contribution in [0.3, 0.4) is 0 Å². The first-order valence-corrected chi connectivity index (χ1v) is 7.11. The van der Waals surface area contributed by atoms with E-state index >= 15 is 0 Å². The number of aromatic nitrogens is 1. The zero-order valence-electron chi connectivity index (χ0n) is 11.3. The molecule has 0 aliphatic heterocycles. The number of hydrogen-bond acceptors (Lipinski definition) is 5. The van der Waals surface area contributed by atoms with E-state index in [1.165, 1.54) is 18.3 Å². The normalized spacial score (nSPS) is 13.1. The van der Waals surface area contributed by atoms with Crippen LogP contribution >= 0.6 is 11.3 Å². The molecule has 1 aromatic heterocycles. The van der Waals surface area contributed by atoms with Crippen LogP contribution < -0.4 is 5.32 Å². The summed E-state index contributed by atoms with van der Waals surface area (Å²) >= 11 is 1.23. The van der Waals surface area contributed by atoms with Gasteiger partial charge in [-0.3, -0.25) is 4.79 Å². The van der Waals surface area contributed by atoms with Gasteiger partial charge in [-0.25, -0.2) is 4.98 Å². The summed E-state index contributed by atoms with van der Waals surface area (Å²) in [6.07, 6.45) is -4.47. The Kier molecular flexibility index (Phi) is 6.25. The number of rotatable bonds is 7. The van der Waals surface area contributed by atoms with Gasteiger partial charge in [0.15, 0.2) is 5.13 Å². The Bertz CT molecular complexity index is 435. The highest BCUT2D eigenvalue weighted by atomic mass is 32.1. The molecule has 1 rings (SSSR count). The van der Waals surface area contributed by atoms with Crippen molar-refractivity contribution in [3.05, 3.63) is 11.1 Å². The van der Waals surface area contributed by atoms with Crippen molar-refractivity contribution in [2.24, 2.45) is 0 Å². The summed E-state index contributed by atoms with van der Waals surface area (Å²) in [6, 6.07) is -0.737. The van der Waals surface area contributed by atoms with E-state index in [1.54, 1.807) is 12.3 Å². The molecule has 0 aromatic carbocycles. The molecular formula is C12H17F3N2O2S. The van der Waals surface area contributed by atoms with Gasteiger partial charge in [0.05, 0.1) is 25.1 Å². The van der Waals surface area contributed by atoms with E-state index in [0.717, 1.165) is 0 Å². The van der Waals surface area contributed by atoms with Crippen LogP contribution in [-0.2, 0) is 16.0 Å². The molecule has 114 valence electrons. The number of carbonyl (C=O) groups is 1. The van der Waals surface area contributed by atoms with Crippen molar-refractivity contribution in [1.29, 1.82) is 0 Å². The van der Waals surface area contributed by atoms with Crippen molar-refractivity contribution < 1.29 is 22.7 Å². The van der Waals surface area contributed by atoms with Crippen LogP contribution in [0.4, 0.5) is 18.3 Å². The SMILES string of the molecule is CCOC(=O)CCc1csc(NC(C)CC(F)(F)F)n1. The molecule has 0 aliphatic carbocycles. The average Bonchev–Trinajstić information content (AvgIpc) is 2.71. The fourth-order valence-electron chi connectivity index (χ4n) is 1.56. The quantitative estimate of drug-likeness (QED) is 0.784. The van der Waals surface area contributed by atoms with Gasteiger partial charge in [-0.2, -0.15) is 13.2 Å². The highest BCUT2D eigenvalue weighted by molar-refractivity contribution is 7.13. The molecule has 20 heavy (non-hydrogen) atoms. The molecule has 1 heterocycles. The number of hydrogen-bond donors (Lipinski definition) is 1. The van der Waals surface area contributed by atoms with Gasteiger partial charge in [0, 0.05) is 17.8 Å². The van der Waals surface area contributed by atoms with Crippen LogP contribution in [0.2, 0.25) is 0 Å². The number of alkyl halides is 3. The predicted molar refractivity (Wildman–Crippen MR) is 70.8 cm³/mol. The molecule has 1 atom stereocenters. The Balaban J connectivity index is 2.41. The molecule has 0 spiro atoms. The molecule has 0 saturated heterocycles. The maximum Gasteiger partial charge on any atom is 0.391 e. The van der Waals surface area contributed by atoms with Crippen molar-refractivity contribution in [2.45, 2.75) is 45.3 Å². The molecule has 0 bridgehead atoms. The Morgan fingerprint density at radius 3 is 2.85 bits per heavy atom. The van der Waals surface area contributed by atoms with Crippen molar-refractivity contribution in [1.82, 2.24) is 4.98 Å². The maximum atomic E-state index is 12.2. The van der Waals surface area contributed by atoms with E-state index in [9.17, 15) is 18.0 Å². The lowest BCUT2D eigenvalue weighted by Crippen LogP contribution is -2.23. The number of thiazole rings is 1. The third kappa shape index (κ3) is 6.74. The van der Waals surface area contributed by atoms with Gasteiger partial charge in [-0.15, -0.1) is 11.3 Å². The molecule has 8 heteroatoms. The number of ether oxygens (including phenoxy) is 1. The molecule has 0 saturated carbocycles. The second-order valence-electron chi connectivity index (χ2n) is 4.31. The van der Waals surface area contributed by atoms with E-state index < -0.39 is 18.6 Å². The van der Waals surface area contributed by atoms with Gasteiger partial charge in [0.1, 0.15) is 0 Å². The van der Waals surface area contributed by atoms with E-state index in [2.05, 4.69) is 10.3 Å². The predicted octanol–water partition coefficient (Wildman–Crippen LogP) is 3.39. The molecule has 1 aromatic rings. The summed E-state index contributed by atoms with van der Waals surface area (Å²) in [7, 11) is 0. The molecule has 1 N–H and O–H groups in total. The molecule has 4 nitrogen and oxygen atoms in total. The maximum absolute atomic E-state index is 12.2. The first-order valence-electron chi connectivity index (χ1n) is 6.23. The standard InChI is InChI=1S/C12H17F3N2O2S/c1-3-19-10(18)5-4-9-7-20-11(17-9)16-8(2)6-12(13,14)15/h7-8H,3-6H2,1-2H3,(H,16,17). The van der Waals surface area contributed by atoms with Crippen LogP contribution in [0.5, 0.6) is 0 Å². The molecule has 1 unspecified atom stereocenters. The van der Waals surface area contributed by atoms with E-state index in [0.29, 0.717) is 23.9 Å². The number of carbonyl (C=O) groups excluding carboxylic acids is 1. The van der Waals surface area contributed by atoms with Crippen molar-refractivity contribution in [3.8, 4) is 0 Å². The van der Waals surface area contributed by atoms with Crippen molar-refractivity contribution in [3.63, 3.8) is 0 Å². The number of aryl methyl sites for hydroxylation is 1. The van der Waals surface area contributed by atoms with Crippen LogP contribution in [0.1, 0.15) is 32.4 Å². The third-order valence-electron chi connectivity index (χ3n) is 2.35. The van der Waals surface area contributed by atoms with Crippen molar-refractivity contribution in [2.75, 3.05) is 11.9 Å². The second kappa shape index (κ2) is 7.47. The smallest absolute Gasteiger partial charge is 0.391 e. The summed E-state index contributed by atoms with van der Waals surface area (Å²) in [5.74, 6) is -0.305. The fourth-order valence-corrected chi connectivity index (χ4v) is 2.42. The van der Waals surface area contributed by atoms with Gasteiger partial charge < -0.3 is 10.1 Å². The minimum absolute atomic E-state index is 0.217. The van der Waals surface area contributed by atoms with Gasteiger partial charge in [0.2, 0.25) is 0 Å². The average molecular weight is 310 g/mol. The van der Waals surface area contributed by atoms with Gasteiger partial charge >= 0.3 is 12.1 Å². The number of halogens is 3. The van der Waals surface area contributed by atoms with E-state index in [1.807, 2.05) is 0 Å². The highest BCUT2D eigenvalue weighted by Crippen LogP contribution is 2.24. The monoisotopic (exact) mass is 310 g/mol. The van der Waals surface area contributed by atoms with E-state index in [-0.39, 0.29) is 12.4 Å². The molecule has 0 aliphatic rings. The Labute approximate surface area is 119 Å². The molecule has 0 radical (unpaired) electrons. The lowest BCUT2D eigenvalue weighted by atomic mass is 10.2. The summed E-state index contributed by atoms with van der Waals surface area (Å²) in [5, 5.41) is 4.86. The summed E-state index contributed by atoms with van der Waals surface area (Å²) in [4.78, 5) is 15.3.